The number of carbonyl (C=O) groups is 1. The van der Waals surface area contributed by atoms with Crippen LogP contribution in [0.3, 0.4) is 0 Å². The standard InChI is InChI=1S/C11H11F3O3/c1-7-2-4-8(5-3-7)10(11(12,13)14)17-6-9(15)16/h2-5,10H,6H2,1H3,(H,15,16)/t10-/m1/s1. The zero-order chi connectivity index (χ0) is 13.1. The maximum Gasteiger partial charge on any atom is 0.418 e. The van der Waals surface area contributed by atoms with Crippen molar-refractivity contribution in [2.75, 3.05) is 6.61 Å². The number of carboxylic acids is 1. The van der Waals surface area contributed by atoms with Crippen LogP contribution in [0.1, 0.15) is 17.2 Å². The van der Waals surface area contributed by atoms with Crippen molar-refractivity contribution in [1.82, 2.24) is 0 Å². The van der Waals surface area contributed by atoms with Crippen molar-refractivity contribution < 1.29 is 27.8 Å². The van der Waals surface area contributed by atoms with Gasteiger partial charge >= 0.3 is 12.1 Å². The molecule has 0 amide bonds. The molecule has 1 atom stereocenters. The third-order valence-electron chi connectivity index (χ3n) is 2.05. The number of aliphatic carboxylic acids is 1. The highest BCUT2D eigenvalue weighted by molar-refractivity contribution is 5.68. The van der Waals surface area contributed by atoms with Gasteiger partial charge in [0.25, 0.3) is 0 Å². The molecule has 0 aliphatic carbocycles. The first-order chi connectivity index (χ1) is 7.80. The summed E-state index contributed by atoms with van der Waals surface area (Å²) in [5.74, 6) is -1.44. The minimum absolute atomic E-state index is 0.107. The molecule has 0 bridgehead atoms. The normalized spacial score (nSPS) is 13.4. The molecule has 0 radical (unpaired) electrons. The fourth-order valence-electron chi connectivity index (χ4n) is 1.28. The Morgan fingerprint density at radius 1 is 1.35 bits per heavy atom. The number of rotatable bonds is 4. The van der Waals surface area contributed by atoms with Crippen molar-refractivity contribution in [3.63, 3.8) is 0 Å². The van der Waals surface area contributed by atoms with E-state index in [1.54, 1.807) is 6.92 Å². The predicted octanol–water partition coefficient (Wildman–Crippen LogP) is 2.70. The van der Waals surface area contributed by atoms with Crippen LogP contribution in [0.25, 0.3) is 0 Å². The molecule has 0 aliphatic rings. The summed E-state index contributed by atoms with van der Waals surface area (Å²) in [6.45, 7) is 0.753. The molecule has 1 aromatic rings. The number of hydrogen-bond donors (Lipinski definition) is 1. The van der Waals surface area contributed by atoms with Crippen molar-refractivity contribution >= 4 is 5.97 Å². The Morgan fingerprint density at radius 3 is 2.29 bits per heavy atom. The highest BCUT2D eigenvalue weighted by atomic mass is 19.4. The fourth-order valence-corrected chi connectivity index (χ4v) is 1.28. The smallest absolute Gasteiger partial charge is 0.418 e. The van der Waals surface area contributed by atoms with E-state index in [0.29, 0.717) is 0 Å². The minimum Gasteiger partial charge on any atom is -0.480 e. The van der Waals surface area contributed by atoms with E-state index in [-0.39, 0.29) is 5.56 Å². The molecule has 0 spiro atoms. The average Bonchev–Trinajstić information content (AvgIpc) is 2.18. The van der Waals surface area contributed by atoms with E-state index in [4.69, 9.17) is 5.11 Å². The number of alkyl halides is 3. The lowest BCUT2D eigenvalue weighted by molar-refractivity contribution is -0.225. The van der Waals surface area contributed by atoms with Gasteiger partial charge in [0.15, 0.2) is 6.10 Å². The van der Waals surface area contributed by atoms with Gasteiger partial charge in [-0.15, -0.1) is 0 Å². The van der Waals surface area contributed by atoms with Gasteiger partial charge in [0.2, 0.25) is 0 Å². The van der Waals surface area contributed by atoms with Crippen molar-refractivity contribution in [1.29, 1.82) is 0 Å². The van der Waals surface area contributed by atoms with Gasteiger partial charge in [0, 0.05) is 0 Å². The topological polar surface area (TPSA) is 46.5 Å². The van der Waals surface area contributed by atoms with Crippen LogP contribution in [-0.2, 0) is 9.53 Å². The van der Waals surface area contributed by atoms with Gasteiger partial charge in [-0.3, -0.25) is 0 Å². The molecule has 0 saturated heterocycles. The second-order valence-corrected chi connectivity index (χ2v) is 3.54. The quantitative estimate of drug-likeness (QED) is 0.891. The van der Waals surface area contributed by atoms with Gasteiger partial charge in [-0.25, -0.2) is 4.79 Å². The van der Waals surface area contributed by atoms with Crippen molar-refractivity contribution in [2.24, 2.45) is 0 Å². The number of hydrogen-bond acceptors (Lipinski definition) is 2. The molecule has 1 N–H and O–H groups in total. The predicted molar refractivity (Wildman–Crippen MR) is 53.6 cm³/mol. The van der Waals surface area contributed by atoms with Gasteiger partial charge in [-0.1, -0.05) is 29.8 Å². The molecular weight excluding hydrogens is 237 g/mol. The van der Waals surface area contributed by atoms with E-state index in [9.17, 15) is 18.0 Å². The van der Waals surface area contributed by atoms with Gasteiger partial charge in [0.1, 0.15) is 6.61 Å². The molecule has 3 nitrogen and oxygen atoms in total. The first-order valence-corrected chi connectivity index (χ1v) is 4.77. The Labute approximate surface area is 95.8 Å². The van der Waals surface area contributed by atoms with Crippen LogP contribution in [0.2, 0.25) is 0 Å². The van der Waals surface area contributed by atoms with E-state index >= 15 is 0 Å². The van der Waals surface area contributed by atoms with E-state index in [1.165, 1.54) is 24.3 Å². The molecule has 1 aromatic carbocycles. The Bertz CT molecular complexity index is 384. The zero-order valence-electron chi connectivity index (χ0n) is 8.99. The second kappa shape index (κ2) is 5.18. The fraction of sp³-hybridized carbons (Fsp3) is 0.364. The number of aryl methyl sites for hydroxylation is 1. The Hall–Kier alpha value is -1.56. The lowest BCUT2D eigenvalue weighted by Crippen LogP contribution is -2.25. The molecular formula is C11H11F3O3. The largest absolute Gasteiger partial charge is 0.480 e. The summed E-state index contributed by atoms with van der Waals surface area (Å²) in [6.07, 6.45) is -6.84. The number of carboxylic acid groups (broad SMARTS) is 1. The Kier molecular flexibility index (Phi) is 4.11. The molecule has 0 saturated carbocycles. The van der Waals surface area contributed by atoms with Gasteiger partial charge in [-0.2, -0.15) is 13.2 Å². The molecule has 0 aromatic heterocycles. The number of ether oxygens (including phenoxy) is 1. The summed E-state index contributed by atoms with van der Waals surface area (Å²) in [5, 5.41) is 8.33. The highest BCUT2D eigenvalue weighted by Crippen LogP contribution is 2.35. The monoisotopic (exact) mass is 248 g/mol. The van der Waals surface area contributed by atoms with E-state index in [1.807, 2.05) is 0 Å². The summed E-state index contributed by atoms with van der Waals surface area (Å²) in [6, 6.07) is 5.57. The van der Waals surface area contributed by atoms with Crippen LogP contribution in [0.15, 0.2) is 24.3 Å². The zero-order valence-corrected chi connectivity index (χ0v) is 8.99. The first-order valence-electron chi connectivity index (χ1n) is 4.77. The van der Waals surface area contributed by atoms with E-state index < -0.39 is 24.9 Å². The van der Waals surface area contributed by atoms with E-state index in [0.717, 1.165) is 5.56 Å². The van der Waals surface area contributed by atoms with Gasteiger partial charge in [-0.05, 0) is 12.5 Å². The summed E-state index contributed by atoms with van der Waals surface area (Å²) in [4.78, 5) is 10.2. The van der Waals surface area contributed by atoms with Gasteiger partial charge < -0.3 is 9.84 Å². The van der Waals surface area contributed by atoms with Crippen LogP contribution in [-0.4, -0.2) is 23.9 Å². The van der Waals surface area contributed by atoms with Crippen LogP contribution in [0, 0.1) is 6.92 Å². The van der Waals surface area contributed by atoms with E-state index in [2.05, 4.69) is 4.74 Å². The summed E-state index contributed by atoms with van der Waals surface area (Å²) in [5.41, 5.74) is 0.706. The average molecular weight is 248 g/mol. The van der Waals surface area contributed by atoms with Gasteiger partial charge in [0.05, 0.1) is 0 Å². The highest BCUT2D eigenvalue weighted by Gasteiger charge is 2.42. The molecule has 1 rings (SSSR count). The van der Waals surface area contributed by atoms with Crippen LogP contribution in [0.4, 0.5) is 13.2 Å². The van der Waals surface area contributed by atoms with Crippen LogP contribution < -0.4 is 0 Å². The molecule has 94 valence electrons. The lowest BCUT2D eigenvalue weighted by atomic mass is 10.1. The van der Waals surface area contributed by atoms with Crippen LogP contribution >= 0.6 is 0 Å². The molecule has 0 aliphatic heterocycles. The Morgan fingerprint density at radius 2 is 1.88 bits per heavy atom. The summed E-state index contributed by atoms with van der Waals surface area (Å²) < 4.78 is 42.3. The maximum atomic E-state index is 12.6. The molecule has 6 heteroatoms. The van der Waals surface area contributed by atoms with Crippen molar-refractivity contribution in [2.45, 2.75) is 19.2 Å². The van der Waals surface area contributed by atoms with Crippen molar-refractivity contribution in [3.05, 3.63) is 35.4 Å². The SMILES string of the molecule is Cc1ccc([C@@H](OCC(=O)O)C(F)(F)F)cc1. The first kappa shape index (κ1) is 13.5. The Balaban J connectivity index is 2.90. The van der Waals surface area contributed by atoms with Crippen LogP contribution in [0.5, 0.6) is 0 Å². The molecule has 0 heterocycles. The number of halogens is 3. The summed E-state index contributed by atoms with van der Waals surface area (Å²) in [7, 11) is 0. The number of benzene rings is 1. The molecule has 17 heavy (non-hydrogen) atoms. The second-order valence-electron chi connectivity index (χ2n) is 3.54. The maximum absolute atomic E-state index is 12.6. The summed E-state index contributed by atoms with van der Waals surface area (Å²) >= 11 is 0. The third kappa shape index (κ3) is 4.07. The van der Waals surface area contributed by atoms with Crippen molar-refractivity contribution in [3.8, 4) is 0 Å². The minimum atomic E-state index is -4.63. The molecule has 0 unspecified atom stereocenters. The third-order valence-corrected chi connectivity index (χ3v) is 2.05. The molecule has 0 fully saturated rings. The lowest BCUT2D eigenvalue weighted by Gasteiger charge is -2.20.